The Hall–Kier alpha value is -2.52. The molecule has 0 amide bonds. The third-order valence-corrected chi connectivity index (χ3v) is 6.01. The maximum absolute atomic E-state index is 13.2. The molecule has 2 aromatic carbocycles. The number of nitrogens with zero attached hydrogens (tertiary/aromatic N) is 2. The van der Waals surface area contributed by atoms with E-state index in [-0.39, 0.29) is 17.3 Å². The van der Waals surface area contributed by atoms with E-state index < -0.39 is 26.5 Å². The maximum atomic E-state index is 13.2. The lowest BCUT2D eigenvalue weighted by Gasteiger charge is -2.16. The van der Waals surface area contributed by atoms with E-state index in [0.717, 1.165) is 18.9 Å². The minimum atomic E-state index is -3.76. The van der Waals surface area contributed by atoms with Gasteiger partial charge < -0.3 is 4.74 Å². The lowest BCUT2D eigenvalue weighted by Crippen LogP contribution is -2.27. The fraction of sp³-hybridized carbons (Fsp3) is 0.294. The summed E-state index contributed by atoms with van der Waals surface area (Å²) in [5, 5.41) is 11.3. The molecule has 1 heterocycles. The van der Waals surface area contributed by atoms with E-state index in [1.54, 1.807) is 6.07 Å². The Kier molecular flexibility index (Phi) is 5.19. The standard InChI is InChI=1S/C17H17FN2O5S/c18-14-5-3-4-13(10-14)12-25-17-7-6-15(11-16(17)20(21)22)26(23,24)19-8-1-2-9-19/h3-7,10-11H,1-2,8-9,12H2. The number of halogens is 1. The number of ether oxygens (including phenoxy) is 1. The van der Waals surface area contributed by atoms with Crippen LogP contribution in [0.2, 0.25) is 0 Å². The zero-order valence-corrected chi connectivity index (χ0v) is 14.6. The van der Waals surface area contributed by atoms with Crippen LogP contribution in [0.1, 0.15) is 18.4 Å². The van der Waals surface area contributed by atoms with Crippen molar-refractivity contribution in [3.63, 3.8) is 0 Å². The molecule has 1 saturated heterocycles. The fourth-order valence-electron chi connectivity index (χ4n) is 2.79. The van der Waals surface area contributed by atoms with E-state index >= 15 is 0 Å². The molecule has 7 nitrogen and oxygen atoms in total. The third-order valence-electron chi connectivity index (χ3n) is 4.11. The van der Waals surface area contributed by atoms with Gasteiger partial charge in [-0.25, -0.2) is 12.8 Å². The maximum Gasteiger partial charge on any atom is 0.312 e. The second-order valence-electron chi connectivity index (χ2n) is 5.92. The molecule has 0 radical (unpaired) electrons. The number of hydrogen-bond acceptors (Lipinski definition) is 5. The Labute approximate surface area is 150 Å². The minimum Gasteiger partial charge on any atom is -0.482 e. The average molecular weight is 380 g/mol. The summed E-state index contributed by atoms with van der Waals surface area (Å²) >= 11 is 0. The van der Waals surface area contributed by atoms with Crippen LogP contribution in [0.4, 0.5) is 10.1 Å². The van der Waals surface area contributed by atoms with Crippen molar-refractivity contribution in [3.8, 4) is 5.75 Å². The minimum absolute atomic E-state index is 0.0698. The lowest BCUT2D eigenvalue weighted by atomic mass is 10.2. The molecule has 0 unspecified atom stereocenters. The van der Waals surface area contributed by atoms with Gasteiger partial charge in [-0.2, -0.15) is 4.31 Å². The van der Waals surface area contributed by atoms with Crippen molar-refractivity contribution in [2.24, 2.45) is 0 Å². The number of rotatable bonds is 6. The summed E-state index contributed by atoms with van der Waals surface area (Å²) in [5.41, 5.74) is 0.0646. The summed E-state index contributed by atoms with van der Waals surface area (Å²) < 4.78 is 45.0. The van der Waals surface area contributed by atoms with Gasteiger partial charge in [-0.15, -0.1) is 0 Å². The first-order valence-corrected chi connectivity index (χ1v) is 9.48. The van der Waals surface area contributed by atoms with Gasteiger partial charge in [0.1, 0.15) is 12.4 Å². The highest BCUT2D eigenvalue weighted by molar-refractivity contribution is 7.89. The normalized spacial score (nSPS) is 15.1. The van der Waals surface area contributed by atoms with Crippen LogP contribution >= 0.6 is 0 Å². The molecular weight excluding hydrogens is 363 g/mol. The summed E-state index contributed by atoms with van der Waals surface area (Å²) in [6.07, 6.45) is 1.55. The average Bonchev–Trinajstić information content (AvgIpc) is 3.15. The van der Waals surface area contributed by atoms with Crippen LogP contribution in [0, 0.1) is 15.9 Å². The first-order valence-electron chi connectivity index (χ1n) is 8.04. The molecule has 0 atom stereocenters. The van der Waals surface area contributed by atoms with E-state index in [2.05, 4.69) is 0 Å². The molecule has 0 bridgehead atoms. The number of sulfonamides is 1. The van der Waals surface area contributed by atoms with Crippen molar-refractivity contribution < 1.29 is 22.5 Å². The summed E-state index contributed by atoms with van der Waals surface area (Å²) in [6, 6.07) is 9.24. The zero-order valence-electron chi connectivity index (χ0n) is 13.8. The molecule has 1 fully saturated rings. The SMILES string of the molecule is O=[N+]([O-])c1cc(S(=O)(=O)N2CCCC2)ccc1OCc1cccc(F)c1. The summed E-state index contributed by atoms with van der Waals surface area (Å²) in [5.74, 6) is -0.507. The predicted octanol–water partition coefficient (Wildman–Crippen LogP) is 3.10. The molecule has 138 valence electrons. The van der Waals surface area contributed by atoms with Crippen LogP contribution in [0.5, 0.6) is 5.75 Å². The van der Waals surface area contributed by atoms with Gasteiger partial charge in [-0.3, -0.25) is 10.1 Å². The Bertz CT molecular complexity index is 927. The van der Waals surface area contributed by atoms with Gasteiger partial charge in [-0.1, -0.05) is 12.1 Å². The molecule has 0 aromatic heterocycles. The van der Waals surface area contributed by atoms with E-state index in [1.165, 1.54) is 34.6 Å². The van der Waals surface area contributed by atoms with Gasteiger partial charge in [-0.05, 0) is 42.7 Å². The number of nitro groups is 1. The molecule has 0 aliphatic carbocycles. The largest absolute Gasteiger partial charge is 0.482 e. The Balaban J connectivity index is 1.86. The van der Waals surface area contributed by atoms with E-state index in [1.807, 2.05) is 0 Å². The van der Waals surface area contributed by atoms with Crippen molar-refractivity contribution in [2.45, 2.75) is 24.3 Å². The van der Waals surface area contributed by atoms with Gasteiger partial charge in [0, 0.05) is 19.2 Å². The number of benzene rings is 2. The lowest BCUT2D eigenvalue weighted by molar-refractivity contribution is -0.386. The Morgan fingerprint density at radius 2 is 1.88 bits per heavy atom. The molecule has 2 aromatic rings. The molecule has 3 rings (SSSR count). The Morgan fingerprint density at radius 1 is 1.15 bits per heavy atom. The smallest absolute Gasteiger partial charge is 0.312 e. The van der Waals surface area contributed by atoms with Gasteiger partial charge in [0.2, 0.25) is 10.0 Å². The molecule has 9 heteroatoms. The summed E-state index contributed by atoms with van der Waals surface area (Å²) in [7, 11) is -3.76. The molecule has 0 N–H and O–H groups in total. The highest BCUT2D eigenvalue weighted by atomic mass is 32.2. The van der Waals surface area contributed by atoms with E-state index in [4.69, 9.17) is 4.74 Å². The van der Waals surface area contributed by atoms with Gasteiger partial charge in [0.15, 0.2) is 5.75 Å². The second kappa shape index (κ2) is 7.38. The van der Waals surface area contributed by atoms with Crippen LogP contribution in [0.15, 0.2) is 47.4 Å². The van der Waals surface area contributed by atoms with Crippen molar-refractivity contribution >= 4 is 15.7 Å². The number of hydrogen-bond donors (Lipinski definition) is 0. The third kappa shape index (κ3) is 3.83. The Morgan fingerprint density at radius 3 is 2.54 bits per heavy atom. The van der Waals surface area contributed by atoms with Gasteiger partial charge in [0.05, 0.1) is 9.82 Å². The molecule has 0 saturated carbocycles. The molecule has 1 aliphatic rings. The van der Waals surface area contributed by atoms with Crippen molar-refractivity contribution in [1.29, 1.82) is 0 Å². The van der Waals surface area contributed by atoms with Gasteiger partial charge >= 0.3 is 5.69 Å². The first kappa shape index (κ1) is 18.3. The van der Waals surface area contributed by atoms with E-state index in [0.29, 0.717) is 18.7 Å². The highest BCUT2D eigenvalue weighted by Gasteiger charge is 2.29. The van der Waals surface area contributed by atoms with Crippen molar-refractivity contribution in [3.05, 3.63) is 64.0 Å². The molecule has 26 heavy (non-hydrogen) atoms. The van der Waals surface area contributed by atoms with E-state index in [9.17, 15) is 22.9 Å². The second-order valence-corrected chi connectivity index (χ2v) is 7.85. The monoisotopic (exact) mass is 380 g/mol. The van der Waals surface area contributed by atoms with Crippen LogP contribution in [-0.4, -0.2) is 30.7 Å². The highest BCUT2D eigenvalue weighted by Crippen LogP contribution is 2.32. The quantitative estimate of drug-likeness (QED) is 0.567. The summed E-state index contributed by atoms with van der Waals surface area (Å²) in [4.78, 5) is 10.5. The summed E-state index contributed by atoms with van der Waals surface area (Å²) in [6.45, 7) is 0.749. The predicted molar refractivity (Wildman–Crippen MR) is 91.8 cm³/mol. The molecule has 0 spiro atoms. The van der Waals surface area contributed by atoms with Crippen LogP contribution in [0.25, 0.3) is 0 Å². The van der Waals surface area contributed by atoms with Gasteiger partial charge in [0.25, 0.3) is 0 Å². The number of nitro benzene ring substituents is 1. The topological polar surface area (TPSA) is 89.8 Å². The van der Waals surface area contributed by atoms with Crippen LogP contribution in [-0.2, 0) is 16.6 Å². The molecule has 1 aliphatic heterocycles. The first-order chi connectivity index (χ1) is 12.4. The fourth-order valence-corrected chi connectivity index (χ4v) is 4.33. The van der Waals surface area contributed by atoms with Crippen LogP contribution in [0.3, 0.4) is 0 Å². The zero-order chi connectivity index (χ0) is 18.7. The van der Waals surface area contributed by atoms with Crippen molar-refractivity contribution in [2.75, 3.05) is 13.1 Å². The van der Waals surface area contributed by atoms with Crippen molar-refractivity contribution in [1.82, 2.24) is 4.31 Å². The van der Waals surface area contributed by atoms with Crippen LogP contribution < -0.4 is 4.74 Å². The molecular formula is C17H17FN2O5S.